The van der Waals surface area contributed by atoms with Gasteiger partial charge in [0.1, 0.15) is 0 Å². The fraction of sp³-hybridized carbons (Fsp3) is 0.933. The number of hydrogen-bond acceptors (Lipinski definition) is 4. The van der Waals surface area contributed by atoms with Gasteiger partial charge in [0.2, 0.25) is 5.91 Å². The van der Waals surface area contributed by atoms with Crippen LogP contribution in [0.2, 0.25) is 0 Å². The molecule has 0 saturated carbocycles. The molecule has 0 bridgehead atoms. The van der Waals surface area contributed by atoms with Gasteiger partial charge in [-0.3, -0.25) is 9.69 Å². The highest BCUT2D eigenvalue weighted by atomic mass is 16.3. The lowest BCUT2D eigenvalue weighted by Crippen LogP contribution is -2.50. The number of nitrogens with zero attached hydrogens (tertiary/aromatic N) is 3. The summed E-state index contributed by atoms with van der Waals surface area (Å²) in [5.74, 6) is 0.222. The molecular formula is C15H31N3O2. The first kappa shape index (κ1) is 17.4. The smallest absolute Gasteiger partial charge is 0.236 e. The standard InChI is InChI=1S/C15H31N3O2/c1-15(2,3)13-17(6-5-11-19)12-14(20)18-9-7-16(4)8-10-18/h19H,5-13H2,1-4H3. The van der Waals surface area contributed by atoms with E-state index < -0.39 is 0 Å². The topological polar surface area (TPSA) is 47.0 Å². The molecule has 118 valence electrons. The molecule has 0 radical (unpaired) electrons. The average Bonchev–Trinajstić information content (AvgIpc) is 2.35. The van der Waals surface area contributed by atoms with Crippen molar-refractivity contribution < 1.29 is 9.90 Å². The fourth-order valence-electron chi connectivity index (χ4n) is 2.53. The second-order valence-corrected chi connectivity index (χ2v) is 7.03. The number of carbonyl (C=O) groups is 1. The molecular weight excluding hydrogens is 254 g/mol. The van der Waals surface area contributed by atoms with Crippen LogP contribution in [0.15, 0.2) is 0 Å². The number of piperazine rings is 1. The van der Waals surface area contributed by atoms with E-state index in [1.54, 1.807) is 0 Å². The first-order valence-electron chi connectivity index (χ1n) is 7.61. The van der Waals surface area contributed by atoms with Gasteiger partial charge in [-0.1, -0.05) is 20.8 Å². The third-order valence-electron chi connectivity index (χ3n) is 3.55. The largest absolute Gasteiger partial charge is 0.396 e. The van der Waals surface area contributed by atoms with Crippen molar-refractivity contribution >= 4 is 5.91 Å². The van der Waals surface area contributed by atoms with Gasteiger partial charge in [0.25, 0.3) is 0 Å². The molecule has 0 unspecified atom stereocenters. The monoisotopic (exact) mass is 285 g/mol. The third kappa shape index (κ3) is 6.68. The zero-order valence-corrected chi connectivity index (χ0v) is 13.6. The van der Waals surface area contributed by atoms with E-state index in [2.05, 4.69) is 37.6 Å². The second-order valence-electron chi connectivity index (χ2n) is 7.03. The van der Waals surface area contributed by atoms with E-state index in [1.807, 2.05) is 4.90 Å². The van der Waals surface area contributed by atoms with Gasteiger partial charge in [0.15, 0.2) is 0 Å². The van der Waals surface area contributed by atoms with Crippen molar-refractivity contribution in [2.45, 2.75) is 27.2 Å². The highest BCUT2D eigenvalue weighted by Gasteiger charge is 2.23. The quantitative estimate of drug-likeness (QED) is 0.772. The maximum Gasteiger partial charge on any atom is 0.236 e. The van der Waals surface area contributed by atoms with E-state index >= 15 is 0 Å². The van der Waals surface area contributed by atoms with Crippen LogP contribution in [0, 0.1) is 5.41 Å². The molecule has 0 aromatic heterocycles. The molecule has 1 rings (SSSR count). The molecule has 0 aliphatic carbocycles. The summed E-state index contributed by atoms with van der Waals surface area (Å²) in [4.78, 5) is 18.8. The van der Waals surface area contributed by atoms with Gasteiger partial charge >= 0.3 is 0 Å². The number of hydrogen-bond donors (Lipinski definition) is 1. The van der Waals surface area contributed by atoms with E-state index in [-0.39, 0.29) is 17.9 Å². The number of rotatable bonds is 6. The Hall–Kier alpha value is -0.650. The van der Waals surface area contributed by atoms with Crippen molar-refractivity contribution in [3.63, 3.8) is 0 Å². The lowest BCUT2D eigenvalue weighted by molar-refractivity contribution is -0.134. The lowest BCUT2D eigenvalue weighted by atomic mass is 9.96. The summed E-state index contributed by atoms with van der Waals surface area (Å²) < 4.78 is 0. The highest BCUT2D eigenvalue weighted by Crippen LogP contribution is 2.15. The molecule has 1 aliphatic rings. The predicted molar refractivity (Wildman–Crippen MR) is 81.7 cm³/mol. The van der Waals surface area contributed by atoms with Crippen molar-refractivity contribution in [3.05, 3.63) is 0 Å². The van der Waals surface area contributed by atoms with Gasteiger partial charge in [-0.15, -0.1) is 0 Å². The van der Waals surface area contributed by atoms with Crippen LogP contribution in [0.25, 0.3) is 0 Å². The Balaban J connectivity index is 2.48. The Labute approximate surface area is 123 Å². The molecule has 1 aliphatic heterocycles. The normalized spacial score (nSPS) is 17.8. The molecule has 20 heavy (non-hydrogen) atoms. The molecule has 1 N–H and O–H groups in total. The van der Waals surface area contributed by atoms with Crippen LogP contribution in [0.3, 0.4) is 0 Å². The summed E-state index contributed by atoms with van der Waals surface area (Å²) in [7, 11) is 2.09. The molecule has 0 aromatic carbocycles. The number of amides is 1. The van der Waals surface area contributed by atoms with Crippen molar-refractivity contribution in [1.82, 2.24) is 14.7 Å². The molecule has 0 atom stereocenters. The van der Waals surface area contributed by atoms with Crippen molar-refractivity contribution in [2.24, 2.45) is 5.41 Å². The van der Waals surface area contributed by atoms with Crippen LogP contribution in [0.5, 0.6) is 0 Å². The Bertz CT molecular complexity index is 294. The van der Waals surface area contributed by atoms with Crippen LogP contribution in [-0.2, 0) is 4.79 Å². The van der Waals surface area contributed by atoms with Gasteiger partial charge in [-0.2, -0.15) is 0 Å². The minimum absolute atomic E-state index is 0.165. The van der Waals surface area contributed by atoms with Crippen LogP contribution >= 0.6 is 0 Å². The van der Waals surface area contributed by atoms with E-state index in [0.29, 0.717) is 6.54 Å². The van der Waals surface area contributed by atoms with Crippen LogP contribution in [0.1, 0.15) is 27.2 Å². The van der Waals surface area contributed by atoms with Crippen LogP contribution < -0.4 is 0 Å². The molecule has 1 amide bonds. The number of aliphatic hydroxyl groups is 1. The highest BCUT2D eigenvalue weighted by molar-refractivity contribution is 5.78. The Morgan fingerprint density at radius 1 is 1.20 bits per heavy atom. The molecule has 1 heterocycles. The van der Waals surface area contributed by atoms with Crippen molar-refractivity contribution in [2.75, 3.05) is 59.5 Å². The molecule has 0 spiro atoms. The fourth-order valence-corrected chi connectivity index (χ4v) is 2.53. The Morgan fingerprint density at radius 2 is 1.80 bits per heavy atom. The van der Waals surface area contributed by atoms with E-state index in [9.17, 15) is 4.79 Å². The molecule has 5 nitrogen and oxygen atoms in total. The maximum atomic E-state index is 12.4. The minimum atomic E-state index is 0.165. The summed E-state index contributed by atoms with van der Waals surface area (Å²) in [6.07, 6.45) is 0.728. The summed E-state index contributed by atoms with van der Waals surface area (Å²) in [6.45, 7) is 12.4. The van der Waals surface area contributed by atoms with Crippen molar-refractivity contribution in [1.29, 1.82) is 0 Å². The summed E-state index contributed by atoms with van der Waals surface area (Å²) in [5, 5.41) is 9.00. The van der Waals surface area contributed by atoms with Gasteiger partial charge in [0, 0.05) is 45.9 Å². The van der Waals surface area contributed by atoms with Gasteiger partial charge < -0.3 is 14.9 Å². The predicted octanol–water partition coefficient (Wildman–Crippen LogP) is 0.491. The average molecular weight is 285 g/mol. The van der Waals surface area contributed by atoms with E-state index in [4.69, 9.17) is 5.11 Å². The van der Waals surface area contributed by atoms with Crippen LogP contribution in [-0.4, -0.2) is 85.2 Å². The van der Waals surface area contributed by atoms with E-state index in [1.165, 1.54) is 0 Å². The van der Waals surface area contributed by atoms with E-state index in [0.717, 1.165) is 45.7 Å². The number of likely N-dealkylation sites (N-methyl/N-ethyl adjacent to an activating group) is 1. The number of aliphatic hydroxyl groups excluding tert-OH is 1. The molecule has 5 heteroatoms. The maximum absolute atomic E-state index is 12.4. The SMILES string of the molecule is CN1CCN(C(=O)CN(CCCO)CC(C)(C)C)CC1. The zero-order valence-electron chi connectivity index (χ0n) is 13.6. The van der Waals surface area contributed by atoms with Gasteiger partial charge in [-0.25, -0.2) is 0 Å². The van der Waals surface area contributed by atoms with Gasteiger partial charge in [0.05, 0.1) is 6.54 Å². The lowest BCUT2D eigenvalue weighted by Gasteiger charge is -2.35. The first-order valence-corrected chi connectivity index (χ1v) is 7.61. The second kappa shape index (κ2) is 7.96. The summed E-state index contributed by atoms with van der Waals surface area (Å²) in [6, 6.07) is 0. The summed E-state index contributed by atoms with van der Waals surface area (Å²) >= 11 is 0. The Morgan fingerprint density at radius 3 is 2.30 bits per heavy atom. The molecule has 1 saturated heterocycles. The third-order valence-corrected chi connectivity index (χ3v) is 3.55. The van der Waals surface area contributed by atoms with Gasteiger partial charge in [-0.05, 0) is 18.9 Å². The first-order chi connectivity index (χ1) is 9.31. The summed E-state index contributed by atoms with van der Waals surface area (Å²) in [5.41, 5.74) is 0.165. The van der Waals surface area contributed by atoms with Crippen molar-refractivity contribution in [3.8, 4) is 0 Å². The Kier molecular flexibility index (Phi) is 6.92. The molecule has 0 aromatic rings. The molecule has 1 fully saturated rings. The minimum Gasteiger partial charge on any atom is -0.396 e. The zero-order chi connectivity index (χ0) is 15.2. The van der Waals surface area contributed by atoms with Crippen LogP contribution in [0.4, 0.5) is 0 Å². The number of carbonyl (C=O) groups excluding carboxylic acids is 1.